The number of nitrogens with zero attached hydrogens (tertiary/aromatic N) is 2. The summed E-state index contributed by atoms with van der Waals surface area (Å²) in [6.07, 6.45) is 1.89. The number of halogens is 3. The molecule has 0 aliphatic heterocycles. The largest absolute Gasteiger partial charge is 0.493 e. The summed E-state index contributed by atoms with van der Waals surface area (Å²) in [5.41, 5.74) is 0.964. The standard InChI is InChI=1S/C15H13Br3N2O2/c1-7(2)22-11-4-8-6-19-20-14(9(8)5-10(11)21-3)12(16)13(17)15(20)18/h4-7H,1-3H3. The fraction of sp³-hybridized carbons (Fsp3) is 0.267. The van der Waals surface area contributed by atoms with E-state index in [4.69, 9.17) is 9.47 Å². The first-order valence-corrected chi connectivity index (χ1v) is 9.00. The minimum Gasteiger partial charge on any atom is -0.493 e. The van der Waals surface area contributed by atoms with E-state index in [1.807, 2.05) is 36.7 Å². The first-order chi connectivity index (χ1) is 10.4. The van der Waals surface area contributed by atoms with E-state index in [1.54, 1.807) is 7.11 Å². The van der Waals surface area contributed by atoms with Crippen molar-refractivity contribution in [3.8, 4) is 11.5 Å². The van der Waals surface area contributed by atoms with Gasteiger partial charge in [-0.05, 0) is 73.8 Å². The zero-order valence-corrected chi connectivity index (χ0v) is 16.9. The van der Waals surface area contributed by atoms with Crippen LogP contribution in [0.4, 0.5) is 0 Å². The van der Waals surface area contributed by atoms with Crippen molar-refractivity contribution in [2.24, 2.45) is 0 Å². The molecule has 0 N–H and O–H groups in total. The van der Waals surface area contributed by atoms with Crippen molar-refractivity contribution in [2.75, 3.05) is 7.11 Å². The van der Waals surface area contributed by atoms with Crippen molar-refractivity contribution in [1.82, 2.24) is 9.61 Å². The zero-order chi connectivity index (χ0) is 16.0. The van der Waals surface area contributed by atoms with Crippen LogP contribution in [0.25, 0.3) is 16.3 Å². The van der Waals surface area contributed by atoms with Crippen molar-refractivity contribution in [2.45, 2.75) is 20.0 Å². The molecule has 1 aromatic carbocycles. The third-order valence-corrected chi connectivity index (χ3v) is 6.59. The number of benzene rings is 1. The zero-order valence-electron chi connectivity index (χ0n) is 12.2. The van der Waals surface area contributed by atoms with Gasteiger partial charge in [-0.25, -0.2) is 4.52 Å². The van der Waals surface area contributed by atoms with E-state index >= 15 is 0 Å². The fourth-order valence-corrected chi connectivity index (χ4v) is 3.99. The summed E-state index contributed by atoms with van der Waals surface area (Å²) in [6, 6.07) is 3.94. The summed E-state index contributed by atoms with van der Waals surface area (Å²) in [5, 5.41) is 6.50. The Bertz CT molecular complexity index is 874. The Hall–Kier alpha value is -0.790. The molecule has 0 aliphatic carbocycles. The van der Waals surface area contributed by atoms with Gasteiger partial charge in [-0.1, -0.05) is 0 Å². The predicted molar refractivity (Wildman–Crippen MR) is 98.1 cm³/mol. The third kappa shape index (κ3) is 2.53. The van der Waals surface area contributed by atoms with E-state index in [0.717, 1.165) is 35.6 Å². The topological polar surface area (TPSA) is 35.8 Å². The molecule has 116 valence electrons. The van der Waals surface area contributed by atoms with Gasteiger partial charge in [-0.2, -0.15) is 5.10 Å². The van der Waals surface area contributed by atoms with E-state index in [0.29, 0.717) is 5.75 Å². The summed E-state index contributed by atoms with van der Waals surface area (Å²) in [5.74, 6) is 1.42. The van der Waals surface area contributed by atoms with E-state index in [-0.39, 0.29) is 6.10 Å². The quantitative estimate of drug-likeness (QED) is 0.479. The molecule has 3 aromatic rings. The van der Waals surface area contributed by atoms with Gasteiger partial charge in [-0.15, -0.1) is 0 Å². The van der Waals surface area contributed by atoms with Crippen molar-refractivity contribution < 1.29 is 9.47 Å². The molecule has 3 rings (SSSR count). The lowest BCUT2D eigenvalue weighted by Gasteiger charge is -2.15. The van der Waals surface area contributed by atoms with Gasteiger partial charge in [0, 0.05) is 10.8 Å². The highest BCUT2D eigenvalue weighted by atomic mass is 79.9. The maximum absolute atomic E-state index is 5.83. The molecule has 0 atom stereocenters. The number of aromatic nitrogens is 2. The number of fused-ring (bicyclic) bond motifs is 3. The van der Waals surface area contributed by atoms with Crippen molar-refractivity contribution >= 4 is 64.1 Å². The Labute approximate surface area is 153 Å². The summed E-state index contributed by atoms with van der Waals surface area (Å²) in [6.45, 7) is 3.98. The van der Waals surface area contributed by atoms with Crippen LogP contribution >= 0.6 is 47.8 Å². The molecule has 0 aliphatic rings. The summed E-state index contributed by atoms with van der Waals surface area (Å²) >= 11 is 10.7. The molecular weight excluding hydrogens is 480 g/mol. The molecule has 0 amide bonds. The molecule has 2 aromatic heterocycles. The van der Waals surface area contributed by atoms with Crippen LogP contribution in [0.1, 0.15) is 13.8 Å². The Morgan fingerprint density at radius 2 is 1.82 bits per heavy atom. The Balaban J connectivity index is 2.37. The molecule has 0 radical (unpaired) electrons. The lowest BCUT2D eigenvalue weighted by Crippen LogP contribution is -2.06. The molecule has 0 bridgehead atoms. The molecular formula is C15H13Br3N2O2. The second kappa shape index (κ2) is 6.02. The van der Waals surface area contributed by atoms with Crippen LogP contribution in [0.2, 0.25) is 0 Å². The number of hydrogen-bond donors (Lipinski definition) is 0. The lowest BCUT2D eigenvalue weighted by molar-refractivity contribution is 0.230. The molecule has 0 saturated heterocycles. The van der Waals surface area contributed by atoms with Crippen LogP contribution in [-0.2, 0) is 0 Å². The third-order valence-electron chi connectivity index (χ3n) is 3.25. The first kappa shape index (κ1) is 16.1. The summed E-state index contributed by atoms with van der Waals surface area (Å²) < 4.78 is 15.9. The highest BCUT2D eigenvalue weighted by Gasteiger charge is 2.18. The SMILES string of the molecule is COc1cc2c(cnn3c(Br)c(Br)c(Br)c23)cc1OC(C)C. The van der Waals surface area contributed by atoms with Gasteiger partial charge in [0.2, 0.25) is 0 Å². The molecule has 0 fully saturated rings. The Morgan fingerprint density at radius 3 is 2.45 bits per heavy atom. The smallest absolute Gasteiger partial charge is 0.162 e. The number of hydrogen-bond acceptors (Lipinski definition) is 3. The highest BCUT2D eigenvalue weighted by molar-refractivity contribution is 9.14. The van der Waals surface area contributed by atoms with E-state index in [9.17, 15) is 0 Å². The van der Waals surface area contributed by atoms with Crippen molar-refractivity contribution in [3.63, 3.8) is 0 Å². The average molecular weight is 493 g/mol. The molecule has 0 spiro atoms. The Morgan fingerprint density at radius 1 is 1.09 bits per heavy atom. The highest BCUT2D eigenvalue weighted by Crippen LogP contribution is 2.41. The average Bonchev–Trinajstić information content (AvgIpc) is 2.70. The number of ether oxygens (including phenoxy) is 2. The molecule has 0 unspecified atom stereocenters. The molecule has 7 heteroatoms. The van der Waals surface area contributed by atoms with Gasteiger partial charge in [0.15, 0.2) is 11.5 Å². The number of methoxy groups -OCH3 is 1. The molecule has 2 heterocycles. The maximum atomic E-state index is 5.83. The van der Waals surface area contributed by atoms with Crippen LogP contribution in [0, 0.1) is 0 Å². The predicted octanol–water partition coefficient (Wildman–Crippen LogP) is 5.57. The molecule has 22 heavy (non-hydrogen) atoms. The van der Waals surface area contributed by atoms with Gasteiger partial charge < -0.3 is 9.47 Å². The summed E-state index contributed by atoms with van der Waals surface area (Å²) in [7, 11) is 1.64. The van der Waals surface area contributed by atoms with Gasteiger partial charge in [0.1, 0.15) is 4.60 Å². The Kier molecular flexibility index (Phi) is 4.40. The van der Waals surface area contributed by atoms with Gasteiger partial charge in [-0.3, -0.25) is 0 Å². The normalized spacial score (nSPS) is 11.6. The van der Waals surface area contributed by atoms with Crippen LogP contribution in [0.5, 0.6) is 11.5 Å². The van der Waals surface area contributed by atoms with Crippen LogP contribution < -0.4 is 9.47 Å². The van der Waals surface area contributed by atoms with Gasteiger partial charge in [0.25, 0.3) is 0 Å². The molecule has 4 nitrogen and oxygen atoms in total. The second-order valence-corrected chi connectivity index (χ2v) is 7.42. The van der Waals surface area contributed by atoms with Crippen molar-refractivity contribution in [3.05, 3.63) is 31.9 Å². The second-order valence-electron chi connectivity index (χ2n) is 5.08. The molecule has 0 saturated carbocycles. The van der Waals surface area contributed by atoms with Crippen LogP contribution in [0.15, 0.2) is 31.9 Å². The maximum Gasteiger partial charge on any atom is 0.162 e. The monoisotopic (exact) mass is 490 g/mol. The van der Waals surface area contributed by atoms with E-state index in [2.05, 4.69) is 52.9 Å². The minimum atomic E-state index is 0.0753. The summed E-state index contributed by atoms with van der Waals surface area (Å²) in [4.78, 5) is 0. The minimum absolute atomic E-state index is 0.0753. The van der Waals surface area contributed by atoms with Crippen molar-refractivity contribution in [1.29, 1.82) is 0 Å². The fourth-order valence-electron chi connectivity index (χ4n) is 2.33. The van der Waals surface area contributed by atoms with Gasteiger partial charge in [0.05, 0.1) is 33.9 Å². The van der Waals surface area contributed by atoms with E-state index < -0.39 is 0 Å². The number of rotatable bonds is 3. The van der Waals surface area contributed by atoms with Crippen LogP contribution in [0.3, 0.4) is 0 Å². The van der Waals surface area contributed by atoms with E-state index in [1.165, 1.54) is 0 Å². The van der Waals surface area contributed by atoms with Crippen LogP contribution in [-0.4, -0.2) is 22.8 Å². The van der Waals surface area contributed by atoms with Gasteiger partial charge >= 0.3 is 0 Å². The lowest BCUT2D eigenvalue weighted by atomic mass is 10.1. The first-order valence-electron chi connectivity index (χ1n) is 6.62.